The third kappa shape index (κ3) is 4.23. The van der Waals surface area contributed by atoms with E-state index in [1.807, 2.05) is 48.5 Å². The zero-order valence-corrected chi connectivity index (χ0v) is 12.1. The highest BCUT2D eigenvalue weighted by Gasteiger charge is 2.07. The molecule has 4 heteroatoms. The molecule has 3 nitrogen and oxygen atoms in total. The van der Waals surface area contributed by atoms with Crippen LogP contribution in [-0.4, -0.2) is 18.8 Å². The Bertz CT molecular complexity index is 542. The van der Waals surface area contributed by atoms with Crippen LogP contribution < -0.4 is 10.1 Å². The van der Waals surface area contributed by atoms with Crippen molar-refractivity contribution in [1.29, 1.82) is 0 Å². The first kappa shape index (κ1) is 14.9. The Balaban J connectivity index is 1.83. The maximum Gasteiger partial charge on any atom is 0.118 e. The molecule has 0 aliphatic rings. The summed E-state index contributed by atoms with van der Waals surface area (Å²) in [6.45, 7) is 1.16. The van der Waals surface area contributed by atoms with Gasteiger partial charge in [-0.2, -0.15) is 0 Å². The minimum Gasteiger partial charge on any atom is -0.497 e. The summed E-state index contributed by atoms with van der Waals surface area (Å²) in [7, 11) is 1.62. The van der Waals surface area contributed by atoms with Crippen LogP contribution >= 0.6 is 11.6 Å². The van der Waals surface area contributed by atoms with Crippen LogP contribution in [0, 0.1) is 0 Å². The van der Waals surface area contributed by atoms with Crippen LogP contribution in [0.25, 0.3) is 0 Å². The van der Waals surface area contributed by atoms with E-state index in [4.69, 9.17) is 16.3 Å². The molecule has 0 spiro atoms. The number of aliphatic hydroxyl groups is 1. The van der Waals surface area contributed by atoms with Crippen molar-refractivity contribution in [2.24, 2.45) is 0 Å². The molecule has 0 heterocycles. The van der Waals surface area contributed by atoms with Gasteiger partial charge < -0.3 is 15.2 Å². The predicted molar refractivity (Wildman–Crippen MR) is 81.1 cm³/mol. The number of ether oxygens (including phenoxy) is 1. The topological polar surface area (TPSA) is 41.5 Å². The summed E-state index contributed by atoms with van der Waals surface area (Å²) in [5, 5.41) is 14.0. The molecule has 2 aromatic rings. The molecule has 1 unspecified atom stereocenters. The Morgan fingerprint density at radius 1 is 1.20 bits per heavy atom. The Hall–Kier alpha value is -1.55. The van der Waals surface area contributed by atoms with Gasteiger partial charge in [0.05, 0.1) is 13.2 Å². The molecule has 2 N–H and O–H groups in total. The van der Waals surface area contributed by atoms with E-state index < -0.39 is 6.10 Å². The third-order valence-corrected chi connectivity index (χ3v) is 3.29. The number of rotatable bonds is 6. The molecule has 0 aliphatic heterocycles. The molecular weight excluding hydrogens is 274 g/mol. The van der Waals surface area contributed by atoms with Crippen LogP contribution in [0.15, 0.2) is 48.5 Å². The van der Waals surface area contributed by atoms with E-state index in [2.05, 4.69) is 5.32 Å². The van der Waals surface area contributed by atoms with Gasteiger partial charge in [0.2, 0.25) is 0 Å². The van der Waals surface area contributed by atoms with Gasteiger partial charge in [0.15, 0.2) is 0 Å². The average molecular weight is 292 g/mol. The van der Waals surface area contributed by atoms with Gasteiger partial charge in [-0.15, -0.1) is 0 Å². The molecule has 0 amide bonds. The van der Waals surface area contributed by atoms with Gasteiger partial charge in [0.1, 0.15) is 5.75 Å². The fourth-order valence-corrected chi connectivity index (χ4v) is 2.16. The highest BCUT2D eigenvalue weighted by atomic mass is 35.5. The van der Waals surface area contributed by atoms with Gasteiger partial charge >= 0.3 is 0 Å². The quantitative estimate of drug-likeness (QED) is 0.859. The number of nitrogens with one attached hydrogen (secondary N) is 1. The van der Waals surface area contributed by atoms with Crippen molar-refractivity contribution >= 4 is 11.6 Å². The highest BCUT2D eigenvalue weighted by Crippen LogP contribution is 2.17. The van der Waals surface area contributed by atoms with Crippen molar-refractivity contribution < 1.29 is 9.84 Å². The zero-order valence-electron chi connectivity index (χ0n) is 11.3. The normalized spacial score (nSPS) is 12.2. The fourth-order valence-electron chi connectivity index (χ4n) is 1.94. The van der Waals surface area contributed by atoms with Crippen molar-refractivity contribution in [1.82, 2.24) is 5.32 Å². The van der Waals surface area contributed by atoms with E-state index in [0.29, 0.717) is 13.1 Å². The van der Waals surface area contributed by atoms with Crippen LogP contribution in [0.1, 0.15) is 17.2 Å². The van der Waals surface area contributed by atoms with Gasteiger partial charge in [-0.05, 0) is 35.4 Å². The van der Waals surface area contributed by atoms with Crippen LogP contribution in [0.2, 0.25) is 5.02 Å². The van der Waals surface area contributed by atoms with Gasteiger partial charge in [0.25, 0.3) is 0 Å². The number of methoxy groups -OCH3 is 1. The molecule has 2 aromatic carbocycles. The first-order valence-corrected chi connectivity index (χ1v) is 6.84. The molecule has 0 aliphatic carbocycles. The van der Waals surface area contributed by atoms with Crippen molar-refractivity contribution in [3.05, 3.63) is 64.7 Å². The van der Waals surface area contributed by atoms with E-state index in [1.165, 1.54) is 0 Å². The predicted octanol–water partition coefficient (Wildman–Crippen LogP) is 3.17. The van der Waals surface area contributed by atoms with Crippen LogP contribution in [0.4, 0.5) is 0 Å². The van der Waals surface area contributed by atoms with Crippen LogP contribution in [-0.2, 0) is 6.54 Å². The molecule has 1 atom stereocenters. The van der Waals surface area contributed by atoms with E-state index in [-0.39, 0.29) is 0 Å². The maximum absolute atomic E-state index is 10.1. The van der Waals surface area contributed by atoms with Gasteiger partial charge in [0, 0.05) is 18.1 Å². The minimum absolute atomic E-state index is 0.485. The molecule has 0 aromatic heterocycles. The lowest BCUT2D eigenvalue weighted by Crippen LogP contribution is -2.21. The lowest BCUT2D eigenvalue weighted by atomic mass is 10.1. The van der Waals surface area contributed by atoms with E-state index in [1.54, 1.807) is 7.11 Å². The minimum atomic E-state index is -0.542. The first-order chi connectivity index (χ1) is 9.69. The number of hydrogen-bond acceptors (Lipinski definition) is 3. The van der Waals surface area contributed by atoms with Crippen LogP contribution in [0.3, 0.4) is 0 Å². The molecule has 2 rings (SSSR count). The summed E-state index contributed by atoms with van der Waals surface area (Å²) < 4.78 is 5.09. The summed E-state index contributed by atoms with van der Waals surface area (Å²) in [5.74, 6) is 0.785. The SMILES string of the molecule is COc1ccc(C(O)CNCc2cccc(Cl)c2)cc1. The Morgan fingerprint density at radius 2 is 1.95 bits per heavy atom. The Morgan fingerprint density at radius 3 is 2.60 bits per heavy atom. The Labute approximate surface area is 124 Å². The van der Waals surface area contributed by atoms with Crippen molar-refractivity contribution in [2.45, 2.75) is 12.6 Å². The third-order valence-electron chi connectivity index (χ3n) is 3.06. The number of halogens is 1. The lowest BCUT2D eigenvalue weighted by molar-refractivity contribution is 0.174. The lowest BCUT2D eigenvalue weighted by Gasteiger charge is -2.13. The molecule has 20 heavy (non-hydrogen) atoms. The monoisotopic (exact) mass is 291 g/mol. The van der Waals surface area contributed by atoms with E-state index in [0.717, 1.165) is 21.9 Å². The molecule has 0 saturated carbocycles. The second-order valence-electron chi connectivity index (χ2n) is 4.55. The van der Waals surface area contributed by atoms with Gasteiger partial charge in [-0.1, -0.05) is 35.9 Å². The average Bonchev–Trinajstić information content (AvgIpc) is 2.47. The van der Waals surface area contributed by atoms with E-state index in [9.17, 15) is 5.11 Å². The molecule has 0 radical (unpaired) electrons. The molecule has 0 saturated heterocycles. The summed E-state index contributed by atoms with van der Waals surface area (Å²) in [6, 6.07) is 15.1. The summed E-state index contributed by atoms with van der Waals surface area (Å²) in [5.41, 5.74) is 1.96. The summed E-state index contributed by atoms with van der Waals surface area (Å²) in [4.78, 5) is 0. The molecular formula is C16H18ClNO2. The maximum atomic E-state index is 10.1. The van der Waals surface area contributed by atoms with Crippen LogP contribution in [0.5, 0.6) is 5.75 Å². The van der Waals surface area contributed by atoms with E-state index >= 15 is 0 Å². The summed E-state index contributed by atoms with van der Waals surface area (Å²) >= 11 is 5.92. The first-order valence-electron chi connectivity index (χ1n) is 6.46. The largest absolute Gasteiger partial charge is 0.497 e. The molecule has 0 bridgehead atoms. The number of hydrogen-bond donors (Lipinski definition) is 2. The molecule has 106 valence electrons. The van der Waals surface area contributed by atoms with Crippen molar-refractivity contribution in [3.63, 3.8) is 0 Å². The van der Waals surface area contributed by atoms with Gasteiger partial charge in [-0.25, -0.2) is 0 Å². The second kappa shape index (κ2) is 7.29. The molecule has 0 fully saturated rings. The number of aliphatic hydroxyl groups excluding tert-OH is 1. The van der Waals surface area contributed by atoms with Crippen molar-refractivity contribution in [3.8, 4) is 5.75 Å². The zero-order chi connectivity index (χ0) is 14.4. The standard InChI is InChI=1S/C16H18ClNO2/c1-20-15-7-5-13(6-8-15)16(19)11-18-10-12-3-2-4-14(17)9-12/h2-9,16,18-19H,10-11H2,1H3. The smallest absolute Gasteiger partial charge is 0.118 e. The summed E-state index contributed by atoms with van der Waals surface area (Å²) in [6.07, 6.45) is -0.542. The fraction of sp³-hybridized carbons (Fsp3) is 0.250. The number of benzene rings is 2. The second-order valence-corrected chi connectivity index (χ2v) is 4.99. The Kier molecular flexibility index (Phi) is 5.41. The highest BCUT2D eigenvalue weighted by molar-refractivity contribution is 6.30. The van der Waals surface area contributed by atoms with Gasteiger partial charge in [-0.3, -0.25) is 0 Å². The van der Waals surface area contributed by atoms with Crippen molar-refractivity contribution in [2.75, 3.05) is 13.7 Å².